The standard InChI is InChI=1S/C15H7F4NO2/c16-11-10-8(20-7-4-2-1-3-5-7)6-9(21)22-15(10)14(19)13(18)12(11)17/h1-6,20H. The van der Waals surface area contributed by atoms with Crippen LogP contribution in [0.1, 0.15) is 0 Å². The van der Waals surface area contributed by atoms with Crippen LogP contribution in [0.15, 0.2) is 45.6 Å². The minimum atomic E-state index is -2.04. The van der Waals surface area contributed by atoms with Crippen LogP contribution in [-0.4, -0.2) is 0 Å². The lowest BCUT2D eigenvalue weighted by Gasteiger charge is -2.10. The monoisotopic (exact) mass is 309 g/mol. The molecule has 22 heavy (non-hydrogen) atoms. The van der Waals surface area contributed by atoms with Gasteiger partial charge in [-0.2, -0.15) is 4.39 Å². The molecular formula is C15H7F4NO2. The van der Waals surface area contributed by atoms with Gasteiger partial charge in [0, 0.05) is 11.8 Å². The second-order valence-corrected chi connectivity index (χ2v) is 4.43. The minimum Gasteiger partial charge on any atom is -0.419 e. The highest BCUT2D eigenvalue weighted by molar-refractivity contribution is 5.92. The number of rotatable bonds is 2. The summed E-state index contributed by atoms with van der Waals surface area (Å²) in [6.07, 6.45) is 0. The summed E-state index contributed by atoms with van der Waals surface area (Å²) in [5, 5.41) is 1.97. The van der Waals surface area contributed by atoms with E-state index in [0.717, 1.165) is 6.07 Å². The first kappa shape index (κ1) is 14.1. The van der Waals surface area contributed by atoms with Crippen molar-refractivity contribution in [1.82, 2.24) is 0 Å². The van der Waals surface area contributed by atoms with Gasteiger partial charge in [-0.3, -0.25) is 0 Å². The third kappa shape index (κ3) is 2.20. The van der Waals surface area contributed by atoms with Crippen molar-refractivity contribution in [2.24, 2.45) is 0 Å². The Hall–Kier alpha value is -2.83. The molecule has 1 aromatic heterocycles. The lowest BCUT2D eigenvalue weighted by Crippen LogP contribution is -2.06. The summed E-state index contributed by atoms with van der Waals surface area (Å²) >= 11 is 0. The van der Waals surface area contributed by atoms with Crippen LogP contribution < -0.4 is 10.9 Å². The first-order valence-corrected chi connectivity index (χ1v) is 6.11. The van der Waals surface area contributed by atoms with Gasteiger partial charge in [0.1, 0.15) is 0 Å². The predicted octanol–water partition coefficient (Wildman–Crippen LogP) is 4.09. The molecule has 0 atom stereocenters. The fourth-order valence-electron chi connectivity index (χ4n) is 2.04. The van der Waals surface area contributed by atoms with Crippen LogP contribution in [0.2, 0.25) is 0 Å². The summed E-state index contributed by atoms with van der Waals surface area (Å²) in [5.74, 6) is -7.42. The van der Waals surface area contributed by atoms with E-state index in [1.807, 2.05) is 0 Å². The van der Waals surface area contributed by atoms with E-state index < -0.39 is 39.9 Å². The summed E-state index contributed by atoms with van der Waals surface area (Å²) in [6.45, 7) is 0. The molecular weight excluding hydrogens is 302 g/mol. The van der Waals surface area contributed by atoms with Crippen molar-refractivity contribution >= 4 is 22.3 Å². The molecule has 3 aromatic rings. The van der Waals surface area contributed by atoms with Gasteiger partial charge in [0.15, 0.2) is 17.2 Å². The quantitative estimate of drug-likeness (QED) is 0.335. The highest BCUT2D eigenvalue weighted by atomic mass is 19.2. The zero-order valence-corrected chi connectivity index (χ0v) is 10.8. The number of para-hydroxylation sites is 1. The van der Waals surface area contributed by atoms with E-state index in [1.165, 1.54) is 0 Å². The molecule has 0 unspecified atom stereocenters. The van der Waals surface area contributed by atoms with E-state index in [4.69, 9.17) is 0 Å². The zero-order chi connectivity index (χ0) is 15.9. The van der Waals surface area contributed by atoms with Crippen LogP contribution >= 0.6 is 0 Å². The van der Waals surface area contributed by atoms with Crippen molar-refractivity contribution in [2.45, 2.75) is 0 Å². The average molecular weight is 309 g/mol. The van der Waals surface area contributed by atoms with Gasteiger partial charge in [-0.05, 0) is 12.1 Å². The topological polar surface area (TPSA) is 42.2 Å². The number of hydrogen-bond donors (Lipinski definition) is 1. The van der Waals surface area contributed by atoms with Gasteiger partial charge < -0.3 is 9.73 Å². The molecule has 0 aliphatic carbocycles. The Kier molecular flexibility index (Phi) is 3.32. The Morgan fingerprint density at radius 3 is 2.18 bits per heavy atom. The Balaban J connectivity index is 2.33. The molecule has 0 spiro atoms. The number of benzene rings is 2. The van der Waals surface area contributed by atoms with Crippen molar-refractivity contribution in [2.75, 3.05) is 5.32 Å². The molecule has 3 nitrogen and oxygen atoms in total. The Labute approximate surface area is 120 Å². The minimum absolute atomic E-state index is 0.229. The molecule has 112 valence electrons. The molecule has 0 bridgehead atoms. The fraction of sp³-hybridized carbons (Fsp3) is 0. The number of hydrogen-bond acceptors (Lipinski definition) is 3. The average Bonchev–Trinajstić information content (AvgIpc) is 2.51. The smallest absolute Gasteiger partial charge is 0.338 e. The molecule has 0 radical (unpaired) electrons. The number of anilines is 2. The summed E-state index contributed by atoms with van der Waals surface area (Å²) < 4.78 is 58.8. The molecule has 0 amide bonds. The van der Waals surface area contributed by atoms with Crippen molar-refractivity contribution in [3.63, 3.8) is 0 Å². The Bertz CT molecular complexity index is 922. The highest BCUT2D eigenvalue weighted by Crippen LogP contribution is 2.32. The van der Waals surface area contributed by atoms with E-state index >= 15 is 0 Å². The van der Waals surface area contributed by atoms with E-state index in [0.29, 0.717) is 5.69 Å². The van der Waals surface area contributed by atoms with Gasteiger partial charge in [0.05, 0.1) is 11.1 Å². The van der Waals surface area contributed by atoms with Crippen LogP contribution in [0, 0.1) is 23.3 Å². The van der Waals surface area contributed by atoms with E-state index in [9.17, 15) is 22.4 Å². The first-order valence-electron chi connectivity index (χ1n) is 6.11. The van der Waals surface area contributed by atoms with Crippen LogP contribution in [0.4, 0.5) is 28.9 Å². The summed E-state index contributed by atoms with van der Waals surface area (Å²) in [4.78, 5) is 11.4. The number of nitrogens with one attached hydrogen (secondary N) is 1. The molecule has 0 saturated heterocycles. The van der Waals surface area contributed by atoms with Crippen LogP contribution in [0.25, 0.3) is 11.0 Å². The van der Waals surface area contributed by atoms with Gasteiger partial charge in [-0.25, -0.2) is 18.0 Å². The molecule has 1 N–H and O–H groups in total. The van der Waals surface area contributed by atoms with E-state index in [2.05, 4.69) is 9.73 Å². The molecule has 7 heteroatoms. The molecule has 2 aromatic carbocycles. The second kappa shape index (κ2) is 5.18. The largest absolute Gasteiger partial charge is 0.419 e. The SMILES string of the molecule is O=c1cc(Nc2ccccc2)c2c(F)c(F)c(F)c(F)c2o1. The lowest BCUT2D eigenvalue weighted by molar-refractivity contribution is 0.405. The van der Waals surface area contributed by atoms with Crippen LogP contribution in [0.3, 0.4) is 0 Å². The van der Waals surface area contributed by atoms with Gasteiger partial charge >= 0.3 is 5.63 Å². The third-order valence-corrected chi connectivity index (χ3v) is 3.01. The molecule has 1 heterocycles. The van der Waals surface area contributed by atoms with Gasteiger partial charge in [-0.15, -0.1) is 0 Å². The summed E-state index contributed by atoms with van der Waals surface area (Å²) in [5.41, 5.74) is -1.80. The predicted molar refractivity (Wildman–Crippen MR) is 72.0 cm³/mol. The maximum absolute atomic E-state index is 14.0. The molecule has 0 aliphatic rings. The van der Waals surface area contributed by atoms with Crippen molar-refractivity contribution in [1.29, 1.82) is 0 Å². The molecule has 0 fully saturated rings. The lowest BCUT2D eigenvalue weighted by atomic mass is 10.1. The molecule has 0 saturated carbocycles. The van der Waals surface area contributed by atoms with Crippen molar-refractivity contribution in [3.8, 4) is 0 Å². The molecule has 3 rings (SSSR count). The van der Waals surface area contributed by atoms with Gasteiger partial charge in [0.25, 0.3) is 0 Å². The maximum Gasteiger partial charge on any atom is 0.338 e. The van der Waals surface area contributed by atoms with Crippen LogP contribution in [-0.2, 0) is 0 Å². The van der Waals surface area contributed by atoms with Crippen molar-refractivity contribution in [3.05, 3.63) is 70.1 Å². The summed E-state index contributed by atoms with van der Waals surface area (Å²) in [7, 11) is 0. The Morgan fingerprint density at radius 2 is 1.50 bits per heavy atom. The normalized spacial score (nSPS) is 10.9. The molecule has 0 aliphatic heterocycles. The van der Waals surface area contributed by atoms with Crippen LogP contribution in [0.5, 0.6) is 0 Å². The fourth-order valence-corrected chi connectivity index (χ4v) is 2.04. The second-order valence-electron chi connectivity index (χ2n) is 4.43. The maximum atomic E-state index is 14.0. The van der Waals surface area contributed by atoms with Crippen molar-refractivity contribution < 1.29 is 22.0 Å². The third-order valence-electron chi connectivity index (χ3n) is 3.01. The van der Waals surface area contributed by atoms with Gasteiger partial charge in [0.2, 0.25) is 11.6 Å². The van der Waals surface area contributed by atoms with Gasteiger partial charge in [-0.1, -0.05) is 18.2 Å². The number of fused-ring (bicyclic) bond motifs is 1. The first-order chi connectivity index (χ1) is 10.5. The summed E-state index contributed by atoms with van der Waals surface area (Å²) in [6, 6.07) is 9.05. The van der Waals surface area contributed by atoms with E-state index in [1.54, 1.807) is 30.3 Å². The Morgan fingerprint density at radius 1 is 0.864 bits per heavy atom. The highest BCUT2D eigenvalue weighted by Gasteiger charge is 2.25. The number of halogens is 4. The zero-order valence-electron chi connectivity index (χ0n) is 10.8. The van der Waals surface area contributed by atoms with E-state index in [-0.39, 0.29) is 5.69 Å².